The Bertz CT molecular complexity index is 1400. The van der Waals surface area contributed by atoms with Crippen molar-refractivity contribution in [3.8, 4) is 11.1 Å². The smallest absolute Gasteiger partial charge is 0.320 e. The molecule has 0 aliphatic rings. The maximum atomic E-state index is 12.8. The van der Waals surface area contributed by atoms with Gasteiger partial charge in [-0.2, -0.15) is 0 Å². The zero-order valence-electron chi connectivity index (χ0n) is 18.9. The number of rotatable bonds is 10. The van der Waals surface area contributed by atoms with Crippen LogP contribution in [0, 0.1) is 0 Å². The Morgan fingerprint density at radius 3 is 2.37 bits per heavy atom. The first kappa shape index (κ1) is 24.7. The van der Waals surface area contributed by atoms with Crippen LogP contribution in [0.3, 0.4) is 0 Å². The third-order valence-corrected chi connectivity index (χ3v) is 7.69. The number of fused-ring (bicyclic) bond motifs is 1. The lowest BCUT2D eigenvalue weighted by Crippen LogP contribution is -2.38. The summed E-state index contributed by atoms with van der Waals surface area (Å²) in [5.41, 5.74) is 3.35. The molecule has 35 heavy (non-hydrogen) atoms. The summed E-state index contributed by atoms with van der Waals surface area (Å²) in [7, 11) is 0. The predicted octanol–water partition coefficient (Wildman–Crippen LogP) is 5.83. The molecule has 0 saturated heterocycles. The molecule has 1 aromatic heterocycles. The monoisotopic (exact) mass is 505 g/mol. The van der Waals surface area contributed by atoms with Crippen molar-refractivity contribution in [3.05, 3.63) is 106 Å². The molecule has 8 heteroatoms. The zero-order chi connectivity index (χ0) is 24.8. The molecule has 3 aromatic carbocycles. The Balaban J connectivity index is 1.50. The van der Waals surface area contributed by atoms with Crippen molar-refractivity contribution in [2.75, 3.05) is 0 Å². The second kappa shape index (κ2) is 10.9. The summed E-state index contributed by atoms with van der Waals surface area (Å²) in [6, 6.07) is 22.6. The van der Waals surface area contributed by atoms with Crippen molar-refractivity contribution in [2.24, 2.45) is 0 Å². The Hall–Kier alpha value is -3.42. The van der Waals surface area contributed by atoms with Gasteiger partial charge in [0.15, 0.2) is 0 Å². The van der Waals surface area contributed by atoms with Gasteiger partial charge in [-0.05, 0) is 53.8 Å². The van der Waals surface area contributed by atoms with Gasteiger partial charge in [-0.3, -0.25) is 9.59 Å². The summed E-state index contributed by atoms with van der Waals surface area (Å²) in [5, 5.41) is 19.4. The predicted molar refractivity (Wildman–Crippen MR) is 142 cm³/mol. The normalized spacial score (nSPS) is 12.8. The molecular weight excluding hydrogens is 482 g/mol. The van der Waals surface area contributed by atoms with E-state index in [1.54, 1.807) is 30.3 Å². The fourth-order valence-electron chi connectivity index (χ4n) is 3.84. The van der Waals surface area contributed by atoms with Crippen molar-refractivity contribution in [1.82, 2.24) is 15.0 Å². The molecule has 0 fully saturated rings. The number of aromatic nitrogens is 3. The molecule has 1 N–H and O–H groups in total. The summed E-state index contributed by atoms with van der Waals surface area (Å²) in [6.45, 7) is 3.90. The van der Waals surface area contributed by atoms with Crippen LogP contribution in [0.15, 0.2) is 90.2 Å². The summed E-state index contributed by atoms with van der Waals surface area (Å²) in [6.07, 6.45) is 2.07. The van der Waals surface area contributed by atoms with E-state index >= 15 is 0 Å². The van der Waals surface area contributed by atoms with Crippen LogP contribution in [0.4, 0.5) is 0 Å². The maximum Gasteiger partial charge on any atom is 0.320 e. The molecule has 0 radical (unpaired) electrons. The highest BCUT2D eigenvalue weighted by Gasteiger charge is 2.38. The number of hydrogen-bond donors (Lipinski definition) is 1. The van der Waals surface area contributed by atoms with Crippen molar-refractivity contribution in [2.45, 2.75) is 29.9 Å². The third kappa shape index (κ3) is 5.63. The number of carboxylic acid groups (broad SMARTS) is 1. The fraction of sp³-hybridized carbons (Fsp3) is 0.185. The zero-order valence-corrected chi connectivity index (χ0v) is 20.5. The minimum atomic E-state index is -1.15. The molecule has 0 bridgehead atoms. The number of hydrogen-bond acceptors (Lipinski definition) is 5. The van der Waals surface area contributed by atoms with Crippen LogP contribution in [0.2, 0.25) is 5.02 Å². The molecule has 0 saturated carbocycles. The van der Waals surface area contributed by atoms with E-state index in [2.05, 4.69) is 16.9 Å². The van der Waals surface area contributed by atoms with Gasteiger partial charge in [0.1, 0.15) is 10.3 Å². The van der Waals surface area contributed by atoms with Gasteiger partial charge in [0.2, 0.25) is 0 Å². The maximum absolute atomic E-state index is 12.8. The quantitative estimate of drug-likeness (QED) is 0.273. The topological polar surface area (TPSA) is 85.1 Å². The standard InChI is InChI=1S/C27H24ClN3O3S/c1-2-15-27(26(33)34,16-17-31-25(32)23-5-3-4-6-24(23)29-30-31)35-18-19-7-9-20(10-8-19)21-11-13-22(28)14-12-21/h2-14H,1,15-18H2,(H,33,34). The molecule has 6 nitrogen and oxygen atoms in total. The van der Waals surface area contributed by atoms with Crippen molar-refractivity contribution < 1.29 is 9.90 Å². The first-order valence-electron chi connectivity index (χ1n) is 11.1. The number of carbonyl (C=O) groups is 1. The number of aryl methyl sites for hydroxylation is 1. The first-order valence-corrected chi connectivity index (χ1v) is 12.4. The lowest BCUT2D eigenvalue weighted by Gasteiger charge is -2.28. The number of nitrogens with zero attached hydrogens (tertiary/aromatic N) is 3. The SMILES string of the molecule is C=CCC(CCn1nnc2ccccc2c1=O)(SCc1ccc(-c2ccc(Cl)cc2)cc1)C(=O)O. The summed E-state index contributed by atoms with van der Waals surface area (Å²) < 4.78 is 0.0912. The van der Waals surface area contributed by atoms with Crippen LogP contribution in [0.25, 0.3) is 22.0 Å². The van der Waals surface area contributed by atoms with Gasteiger partial charge < -0.3 is 5.11 Å². The molecule has 4 aromatic rings. The summed E-state index contributed by atoms with van der Waals surface area (Å²) >= 11 is 7.31. The van der Waals surface area contributed by atoms with Gasteiger partial charge in [0.05, 0.1) is 5.39 Å². The Morgan fingerprint density at radius 2 is 1.71 bits per heavy atom. The van der Waals surface area contributed by atoms with E-state index in [4.69, 9.17) is 11.6 Å². The summed E-state index contributed by atoms with van der Waals surface area (Å²) in [5.74, 6) is -0.443. The fourth-order valence-corrected chi connectivity index (χ4v) is 5.19. The van der Waals surface area contributed by atoms with Gasteiger partial charge in [-0.25, -0.2) is 4.68 Å². The van der Waals surface area contributed by atoms with E-state index in [0.29, 0.717) is 21.7 Å². The second-order valence-electron chi connectivity index (χ2n) is 8.17. The molecule has 4 rings (SSSR count). The summed E-state index contributed by atoms with van der Waals surface area (Å²) in [4.78, 5) is 25.2. The van der Waals surface area contributed by atoms with E-state index < -0.39 is 10.7 Å². The van der Waals surface area contributed by atoms with E-state index in [9.17, 15) is 14.7 Å². The van der Waals surface area contributed by atoms with Crippen LogP contribution in [-0.2, 0) is 17.1 Å². The highest BCUT2D eigenvalue weighted by molar-refractivity contribution is 8.00. The minimum absolute atomic E-state index is 0.138. The van der Waals surface area contributed by atoms with Crippen LogP contribution in [0.5, 0.6) is 0 Å². The van der Waals surface area contributed by atoms with E-state index in [0.717, 1.165) is 16.7 Å². The molecular formula is C27H24ClN3O3S. The van der Waals surface area contributed by atoms with Crippen LogP contribution >= 0.6 is 23.4 Å². The number of benzene rings is 3. The van der Waals surface area contributed by atoms with E-state index in [1.807, 2.05) is 48.5 Å². The molecule has 0 aliphatic carbocycles. The average Bonchev–Trinajstić information content (AvgIpc) is 2.87. The Kier molecular flexibility index (Phi) is 7.68. The van der Waals surface area contributed by atoms with Gasteiger partial charge in [0.25, 0.3) is 5.56 Å². The van der Waals surface area contributed by atoms with Gasteiger partial charge >= 0.3 is 5.97 Å². The Morgan fingerprint density at radius 1 is 1.06 bits per heavy atom. The highest BCUT2D eigenvalue weighted by atomic mass is 35.5. The van der Waals surface area contributed by atoms with Crippen molar-refractivity contribution in [3.63, 3.8) is 0 Å². The van der Waals surface area contributed by atoms with Crippen LogP contribution < -0.4 is 5.56 Å². The first-order chi connectivity index (χ1) is 16.9. The van der Waals surface area contributed by atoms with Gasteiger partial charge in [0, 0.05) is 17.3 Å². The largest absolute Gasteiger partial charge is 0.480 e. The number of carboxylic acids is 1. The number of allylic oxidation sites excluding steroid dienone is 1. The number of halogens is 1. The molecule has 0 amide bonds. The Labute approximate surface area is 212 Å². The lowest BCUT2D eigenvalue weighted by atomic mass is 10.0. The van der Waals surface area contributed by atoms with E-state index in [-0.39, 0.29) is 24.9 Å². The molecule has 1 heterocycles. The molecule has 1 atom stereocenters. The van der Waals surface area contributed by atoms with Gasteiger partial charge in [-0.15, -0.1) is 23.4 Å². The molecule has 1 unspecified atom stereocenters. The number of aliphatic carboxylic acids is 1. The van der Waals surface area contributed by atoms with E-state index in [1.165, 1.54) is 16.4 Å². The third-order valence-electron chi connectivity index (χ3n) is 5.87. The average molecular weight is 506 g/mol. The molecule has 0 aliphatic heterocycles. The van der Waals surface area contributed by atoms with Crippen molar-refractivity contribution in [1.29, 1.82) is 0 Å². The highest BCUT2D eigenvalue weighted by Crippen LogP contribution is 2.37. The molecule has 178 valence electrons. The van der Waals surface area contributed by atoms with Crippen molar-refractivity contribution >= 4 is 40.2 Å². The van der Waals surface area contributed by atoms with Crippen LogP contribution in [0.1, 0.15) is 18.4 Å². The molecule has 0 spiro atoms. The number of thioether (sulfide) groups is 1. The van der Waals surface area contributed by atoms with Crippen LogP contribution in [-0.4, -0.2) is 30.8 Å². The second-order valence-corrected chi connectivity index (χ2v) is 9.96. The van der Waals surface area contributed by atoms with Gasteiger partial charge in [-0.1, -0.05) is 71.4 Å². The minimum Gasteiger partial charge on any atom is -0.480 e. The lowest BCUT2D eigenvalue weighted by molar-refractivity contribution is -0.140.